The number of para-hydroxylation sites is 1. The molecule has 0 saturated carbocycles. The SMILES string of the molecule is Cc1cc(C)n(CCC(=O)N(C)Cc2cn(-c3ccccc3)nc2-c2ccc(Cl)cc2)n1. The van der Waals surface area contributed by atoms with Gasteiger partial charge < -0.3 is 4.90 Å². The minimum Gasteiger partial charge on any atom is -0.341 e. The number of carbonyl (C=O) groups is 1. The van der Waals surface area contributed by atoms with E-state index in [4.69, 9.17) is 16.7 Å². The number of amides is 1. The summed E-state index contributed by atoms with van der Waals surface area (Å²) in [7, 11) is 1.83. The van der Waals surface area contributed by atoms with Gasteiger partial charge in [0.25, 0.3) is 0 Å². The molecule has 1 amide bonds. The summed E-state index contributed by atoms with van der Waals surface area (Å²) < 4.78 is 3.74. The highest BCUT2D eigenvalue weighted by Crippen LogP contribution is 2.26. The zero-order valence-electron chi connectivity index (χ0n) is 18.5. The van der Waals surface area contributed by atoms with Gasteiger partial charge in [-0.1, -0.05) is 41.9 Å². The Morgan fingerprint density at radius 3 is 2.41 bits per heavy atom. The topological polar surface area (TPSA) is 56.0 Å². The molecule has 4 aromatic rings. The van der Waals surface area contributed by atoms with Gasteiger partial charge in [-0.3, -0.25) is 9.48 Å². The molecule has 0 spiro atoms. The normalized spacial score (nSPS) is 11.0. The van der Waals surface area contributed by atoms with Gasteiger partial charge in [-0.25, -0.2) is 4.68 Å². The molecule has 0 unspecified atom stereocenters. The molecule has 0 aliphatic carbocycles. The van der Waals surface area contributed by atoms with Crippen molar-refractivity contribution in [3.05, 3.63) is 88.8 Å². The average molecular weight is 448 g/mol. The minimum atomic E-state index is 0.0621. The molecule has 7 heteroatoms. The number of aryl methyl sites for hydroxylation is 3. The van der Waals surface area contributed by atoms with Gasteiger partial charge in [0.05, 0.1) is 17.1 Å². The van der Waals surface area contributed by atoms with Gasteiger partial charge in [-0.05, 0) is 44.2 Å². The van der Waals surface area contributed by atoms with E-state index in [2.05, 4.69) is 5.10 Å². The zero-order chi connectivity index (χ0) is 22.7. The molecule has 0 atom stereocenters. The Balaban J connectivity index is 1.55. The van der Waals surface area contributed by atoms with Crippen LogP contribution in [0.25, 0.3) is 16.9 Å². The highest BCUT2D eigenvalue weighted by molar-refractivity contribution is 6.30. The van der Waals surface area contributed by atoms with Gasteiger partial charge in [0.2, 0.25) is 5.91 Å². The van der Waals surface area contributed by atoms with Crippen molar-refractivity contribution >= 4 is 17.5 Å². The average Bonchev–Trinajstić information content (AvgIpc) is 3.35. The second-order valence-corrected chi connectivity index (χ2v) is 8.38. The van der Waals surface area contributed by atoms with Crippen LogP contribution in [0, 0.1) is 13.8 Å². The van der Waals surface area contributed by atoms with Gasteiger partial charge in [0.15, 0.2) is 0 Å². The first-order valence-electron chi connectivity index (χ1n) is 10.6. The van der Waals surface area contributed by atoms with E-state index in [0.29, 0.717) is 24.5 Å². The first-order chi connectivity index (χ1) is 15.4. The van der Waals surface area contributed by atoms with Crippen LogP contribution >= 0.6 is 11.6 Å². The molecule has 0 fully saturated rings. The first kappa shape index (κ1) is 21.8. The lowest BCUT2D eigenvalue weighted by molar-refractivity contribution is -0.130. The van der Waals surface area contributed by atoms with E-state index < -0.39 is 0 Å². The van der Waals surface area contributed by atoms with Crippen molar-refractivity contribution in [3.8, 4) is 16.9 Å². The molecule has 0 radical (unpaired) electrons. The van der Waals surface area contributed by atoms with Crippen molar-refractivity contribution < 1.29 is 4.79 Å². The molecule has 0 bridgehead atoms. The molecular formula is C25H26ClN5O. The van der Waals surface area contributed by atoms with E-state index in [1.807, 2.05) is 97.1 Å². The number of hydrogen-bond acceptors (Lipinski definition) is 3. The Labute approximate surface area is 193 Å². The Hall–Kier alpha value is -3.38. The van der Waals surface area contributed by atoms with Crippen molar-refractivity contribution in [1.82, 2.24) is 24.5 Å². The fourth-order valence-corrected chi connectivity index (χ4v) is 3.85. The Morgan fingerprint density at radius 1 is 1.03 bits per heavy atom. The van der Waals surface area contributed by atoms with Crippen LogP contribution in [0.3, 0.4) is 0 Å². The van der Waals surface area contributed by atoms with Gasteiger partial charge in [-0.15, -0.1) is 0 Å². The fourth-order valence-electron chi connectivity index (χ4n) is 3.73. The third kappa shape index (κ3) is 4.92. The number of carbonyl (C=O) groups excluding carboxylic acids is 1. The lowest BCUT2D eigenvalue weighted by Gasteiger charge is -2.17. The highest BCUT2D eigenvalue weighted by Gasteiger charge is 2.17. The fraction of sp³-hybridized carbons (Fsp3) is 0.240. The third-order valence-corrected chi connectivity index (χ3v) is 5.65. The summed E-state index contributed by atoms with van der Waals surface area (Å²) >= 11 is 6.08. The maximum absolute atomic E-state index is 12.8. The van der Waals surface area contributed by atoms with Crippen LogP contribution in [0.2, 0.25) is 5.02 Å². The number of aromatic nitrogens is 4. The lowest BCUT2D eigenvalue weighted by atomic mass is 10.1. The van der Waals surface area contributed by atoms with Crippen LogP contribution in [-0.2, 0) is 17.9 Å². The second kappa shape index (κ2) is 9.40. The van der Waals surface area contributed by atoms with Crippen LogP contribution in [0.5, 0.6) is 0 Å². The van der Waals surface area contributed by atoms with Crippen molar-refractivity contribution in [2.75, 3.05) is 7.05 Å². The maximum Gasteiger partial charge on any atom is 0.224 e. The molecule has 4 rings (SSSR count). The number of benzene rings is 2. The quantitative estimate of drug-likeness (QED) is 0.398. The summed E-state index contributed by atoms with van der Waals surface area (Å²) in [5, 5.41) is 9.94. The van der Waals surface area contributed by atoms with Crippen LogP contribution < -0.4 is 0 Å². The van der Waals surface area contributed by atoms with Crippen LogP contribution in [0.4, 0.5) is 0 Å². The van der Waals surface area contributed by atoms with Gasteiger partial charge in [0, 0.05) is 54.6 Å². The second-order valence-electron chi connectivity index (χ2n) is 7.94. The highest BCUT2D eigenvalue weighted by atomic mass is 35.5. The molecule has 0 N–H and O–H groups in total. The Kier molecular flexibility index (Phi) is 6.42. The third-order valence-electron chi connectivity index (χ3n) is 5.40. The molecule has 164 valence electrons. The summed E-state index contributed by atoms with van der Waals surface area (Å²) in [4.78, 5) is 14.6. The maximum atomic E-state index is 12.8. The zero-order valence-corrected chi connectivity index (χ0v) is 19.3. The largest absolute Gasteiger partial charge is 0.341 e. The number of nitrogens with zero attached hydrogens (tertiary/aromatic N) is 5. The molecule has 0 aliphatic heterocycles. The minimum absolute atomic E-state index is 0.0621. The molecule has 0 saturated heterocycles. The molecule has 2 heterocycles. The van der Waals surface area contributed by atoms with Gasteiger partial charge in [0.1, 0.15) is 0 Å². The van der Waals surface area contributed by atoms with Crippen molar-refractivity contribution in [1.29, 1.82) is 0 Å². The Morgan fingerprint density at radius 2 is 1.75 bits per heavy atom. The van der Waals surface area contributed by atoms with E-state index in [0.717, 1.165) is 33.9 Å². The summed E-state index contributed by atoms with van der Waals surface area (Å²) in [6.45, 7) is 4.99. The summed E-state index contributed by atoms with van der Waals surface area (Å²) in [6, 6.07) is 19.6. The van der Waals surface area contributed by atoms with E-state index in [1.165, 1.54) is 0 Å². The first-order valence-corrected chi connectivity index (χ1v) is 10.9. The van der Waals surface area contributed by atoms with E-state index in [1.54, 1.807) is 4.90 Å². The predicted octanol–water partition coefficient (Wildman–Crippen LogP) is 5.05. The smallest absolute Gasteiger partial charge is 0.224 e. The summed E-state index contributed by atoms with van der Waals surface area (Å²) in [6.07, 6.45) is 2.38. The van der Waals surface area contributed by atoms with E-state index >= 15 is 0 Å². The summed E-state index contributed by atoms with van der Waals surface area (Å²) in [5.41, 5.74) is 5.76. The predicted molar refractivity (Wildman–Crippen MR) is 127 cm³/mol. The number of rotatable bonds is 7. The summed E-state index contributed by atoms with van der Waals surface area (Å²) in [5.74, 6) is 0.0621. The molecule has 6 nitrogen and oxygen atoms in total. The number of hydrogen-bond donors (Lipinski definition) is 0. The Bertz CT molecular complexity index is 1210. The van der Waals surface area contributed by atoms with Crippen LogP contribution in [0.15, 0.2) is 66.9 Å². The monoisotopic (exact) mass is 447 g/mol. The van der Waals surface area contributed by atoms with Gasteiger partial charge in [-0.2, -0.15) is 10.2 Å². The molecule has 2 aromatic carbocycles. The van der Waals surface area contributed by atoms with Crippen molar-refractivity contribution in [2.45, 2.75) is 33.4 Å². The molecule has 32 heavy (non-hydrogen) atoms. The number of halogens is 1. The van der Waals surface area contributed by atoms with Gasteiger partial charge >= 0.3 is 0 Å². The van der Waals surface area contributed by atoms with E-state index in [9.17, 15) is 4.79 Å². The van der Waals surface area contributed by atoms with Crippen LogP contribution in [0.1, 0.15) is 23.4 Å². The van der Waals surface area contributed by atoms with E-state index in [-0.39, 0.29) is 5.91 Å². The van der Waals surface area contributed by atoms with Crippen LogP contribution in [-0.4, -0.2) is 37.4 Å². The van der Waals surface area contributed by atoms with Crippen molar-refractivity contribution in [3.63, 3.8) is 0 Å². The standard InChI is InChI=1S/C25H26ClN5O/c1-18-15-19(2)30(27-18)14-13-24(32)29(3)16-21-17-31(23-7-5-4-6-8-23)28-25(21)20-9-11-22(26)12-10-20/h4-12,15,17H,13-14,16H2,1-3H3. The molecular weight excluding hydrogens is 422 g/mol. The molecule has 0 aliphatic rings. The molecule has 2 aromatic heterocycles. The van der Waals surface area contributed by atoms with Crippen molar-refractivity contribution in [2.24, 2.45) is 0 Å². The lowest BCUT2D eigenvalue weighted by Crippen LogP contribution is -2.27.